The highest BCUT2D eigenvalue weighted by molar-refractivity contribution is 6.06. The lowest BCUT2D eigenvalue weighted by Crippen LogP contribution is -2.44. The van der Waals surface area contributed by atoms with Gasteiger partial charge < -0.3 is 10.1 Å². The van der Waals surface area contributed by atoms with E-state index in [2.05, 4.69) is 17.5 Å². The minimum absolute atomic E-state index is 0.00630. The van der Waals surface area contributed by atoms with Crippen LogP contribution in [0.1, 0.15) is 32.1 Å². The number of benzene rings is 1. The fraction of sp³-hybridized carbons (Fsp3) is 0.522. The summed E-state index contributed by atoms with van der Waals surface area (Å²) in [4.78, 5) is 40.2. The molecular weight excluding hydrogens is 368 g/mol. The third kappa shape index (κ3) is 2.96. The molecule has 1 aromatic rings. The molecule has 1 heterocycles. The predicted molar refractivity (Wildman–Crippen MR) is 107 cm³/mol. The highest BCUT2D eigenvalue weighted by atomic mass is 16.5. The molecule has 29 heavy (non-hydrogen) atoms. The van der Waals surface area contributed by atoms with Gasteiger partial charge in [-0.2, -0.15) is 0 Å². The van der Waals surface area contributed by atoms with E-state index >= 15 is 0 Å². The molecule has 6 heteroatoms. The summed E-state index contributed by atoms with van der Waals surface area (Å²) in [5.74, 6) is 0.964. The molecule has 1 aromatic carbocycles. The van der Waals surface area contributed by atoms with Crippen molar-refractivity contribution in [1.82, 2.24) is 4.90 Å². The smallest absolute Gasteiger partial charge is 0.233 e. The van der Waals surface area contributed by atoms with Crippen LogP contribution in [0.4, 0.5) is 5.69 Å². The number of hydrogen-bond acceptors (Lipinski definition) is 4. The Balaban J connectivity index is 1.19. The first-order chi connectivity index (χ1) is 14.1. The summed E-state index contributed by atoms with van der Waals surface area (Å²) < 4.78 is 5.14. The van der Waals surface area contributed by atoms with E-state index < -0.39 is 0 Å². The van der Waals surface area contributed by atoms with Gasteiger partial charge in [0.2, 0.25) is 17.7 Å². The second kappa shape index (κ2) is 7.01. The van der Waals surface area contributed by atoms with Gasteiger partial charge in [0.05, 0.1) is 18.9 Å². The van der Waals surface area contributed by atoms with Crippen LogP contribution >= 0.6 is 0 Å². The Morgan fingerprint density at radius 3 is 2.10 bits per heavy atom. The van der Waals surface area contributed by atoms with E-state index in [1.54, 1.807) is 12.0 Å². The molecule has 2 bridgehead atoms. The number of nitrogens with one attached hydrogen (secondary N) is 1. The molecule has 4 aliphatic rings. The number of methoxy groups -OCH3 is 1. The number of ether oxygens (including phenoxy) is 1. The summed E-state index contributed by atoms with van der Waals surface area (Å²) in [5, 5.41) is 2.97. The second-order valence-corrected chi connectivity index (χ2v) is 8.77. The molecule has 1 N–H and O–H groups in total. The maximum Gasteiger partial charge on any atom is 0.233 e. The van der Waals surface area contributed by atoms with Crippen LogP contribution in [0, 0.1) is 29.6 Å². The van der Waals surface area contributed by atoms with E-state index in [9.17, 15) is 14.4 Å². The number of imide groups is 1. The third-order valence-electron chi connectivity index (χ3n) is 7.29. The van der Waals surface area contributed by atoms with Crippen molar-refractivity contribution in [1.29, 1.82) is 0 Å². The second-order valence-electron chi connectivity index (χ2n) is 8.77. The van der Waals surface area contributed by atoms with Crippen LogP contribution in [-0.4, -0.2) is 35.8 Å². The van der Waals surface area contributed by atoms with Gasteiger partial charge in [-0.05, 0) is 68.2 Å². The number of nitrogens with zero attached hydrogens (tertiary/aromatic N) is 1. The average molecular weight is 394 g/mol. The average Bonchev–Trinajstić information content (AvgIpc) is 3.42. The largest absolute Gasteiger partial charge is 0.497 e. The number of hydrogen-bond donors (Lipinski definition) is 1. The maximum absolute atomic E-state index is 13.0. The molecule has 2 saturated carbocycles. The first-order valence-electron chi connectivity index (χ1n) is 10.6. The Labute approximate surface area is 170 Å². The van der Waals surface area contributed by atoms with E-state index in [1.165, 1.54) is 0 Å². The third-order valence-corrected chi connectivity index (χ3v) is 7.29. The molecule has 152 valence electrons. The summed E-state index contributed by atoms with van der Waals surface area (Å²) in [6, 6.07) is 7.23. The normalized spacial score (nSPS) is 35.1. The minimum atomic E-state index is -0.131. The lowest BCUT2D eigenvalue weighted by atomic mass is 9.84. The number of fused-ring (bicyclic) bond motifs is 5. The first-order valence-corrected chi connectivity index (χ1v) is 10.6. The van der Waals surface area contributed by atoms with Gasteiger partial charge in [-0.15, -0.1) is 0 Å². The van der Waals surface area contributed by atoms with E-state index in [-0.39, 0.29) is 53.4 Å². The molecule has 0 radical (unpaired) electrons. The number of anilines is 1. The van der Waals surface area contributed by atoms with Crippen molar-refractivity contribution in [2.75, 3.05) is 12.4 Å². The lowest BCUT2D eigenvalue weighted by molar-refractivity contribution is -0.144. The predicted octanol–water partition coefficient (Wildman–Crippen LogP) is 3.00. The molecule has 5 rings (SSSR count). The first kappa shape index (κ1) is 18.4. The van der Waals surface area contributed by atoms with Crippen molar-refractivity contribution in [2.45, 2.75) is 38.1 Å². The topological polar surface area (TPSA) is 75.7 Å². The molecule has 4 atom stereocenters. The van der Waals surface area contributed by atoms with Crippen LogP contribution in [0.15, 0.2) is 36.4 Å². The summed E-state index contributed by atoms with van der Waals surface area (Å²) in [6.07, 6.45) is 8.02. The van der Waals surface area contributed by atoms with Crippen LogP contribution < -0.4 is 10.1 Å². The zero-order chi connectivity index (χ0) is 20.1. The van der Waals surface area contributed by atoms with Crippen molar-refractivity contribution < 1.29 is 19.1 Å². The fourth-order valence-corrected chi connectivity index (χ4v) is 5.80. The molecule has 3 amide bonds. The summed E-state index contributed by atoms with van der Waals surface area (Å²) in [7, 11) is 1.61. The van der Waals surface area contributed by atoms with Gasteiger partial charge in [0, 0.05) is 17.6 Å². The highest BCUT2D eigenvalue weighted by Crippen LogP contribution is 2.53. The van der Waals surface area contributed by atoms with Gasteiger partial charge in [0.1, 0.15) is 5.75 Å². The van der Waals surface area contributed by atoms with Gasteiger partial charge in [-0.3, -0.25) is 19.3 Å². The van der Waals surface area contributed by atoms with Crippen molar-refractivity contribution >= 4 is 23.4 Å². The van der Waals surface area contributed by atoms with Crippen LogP contribution in [0.3, 0.4) is 0 Å². The van der Waals surface area contributed by atoms with Gasteiger partial charge >= 0.3 is 0 Å². The van der Waals surface area contributed by atoms with E-state index in [0.717, 1.165) is 17.9 Å². The van der Waals surface area contributed by atoms with Gasteiger partial charge in [0.25, 0.3) is 0 Å². The van der Waals surface area contributed by atoms with Gasteiger partial charge in [-0.25, -0.2) is 0 Å². The SMILES string of the molecule is COc1ccc(NC(=O)C2CCC(N3C(=O)[C@@H]4[C@@H](C3=O)[C@H]3C=C[C@H]4C3)CC2)cc1. The Hall–Kier alpha value is -2.63. The molecule has 0 spiro atoms. The van der Waals surface area contributed by atoms with E-state index in [0.29, 0.717) is 25.7 Å². The highest BCUT2D eigenvalue weighted by Gasteiger charge is 2.60. The minimum Gasteiger partial charge on any atom is -0.497 e. The number of allylic oxidation sites excluding steroid dienone is 2. The number of amides is 3. The van der Waals surface area contributed by atoms with Crippen molar-refractivity contribution in [3.63, 3.8) is 0 Å². The van der Waals surface area contributed by atoms with Crippen LogP contribution in [-0.2, 0) is 14.4 Å². The van der Waals surface area contributed by atoms with Crippen LogP contribution in [0.25, 0.3) is 0 Å². The molecule has 3 fully saturated rings. The standard InChI is InChI=1S/C23H26N2O4/c1-29-18-10-6-16(7-11-18)24-21(26)13-4-8-17(9-5-13)25-22(27)19-14-2-3-15(12-14)20(19)23(25)28/h2-3,6-7,10-11,13-15,17,19-20H,4-5,8-9,12H2,1H3,(H,24,26)/t13?,14-,15-,17?,19-,20-/m0/s1. The summed E-state index contributed by atoms with van der Waals surface area (Å²) in [5.41, 5.74) is 0.749. The Morgan fingerprint density at radius 2 is 1.55 bits per heavy atom. The van der Waals surface area contributed by atoms with E-state index in [1.807, 2.05) is 24.3 Å². The maximum atomic E-state index is 13.0. The van der Waals surface area contributed by atoms with Crippen LogP contribution in [0.5, 0.6) is 5.75 Å². The van der Waals surface area contributed by atoms with E-state index in [4.69, 9.17) is 4.74 Å². The molecule has 1 aliphatic heterocycles. The lowest BCUT2D eigenvalue weighted by Gasteiger charge is -2.33. The number of carbonyl (C=O) groups is 3. The van der Waals surface area contributed by atoms with Crippen molar-refractivity contribution in [3.8, 4) is 5.75 Å². The van der Waals surface area contributed by atoms with Crippen molar-refractivity contribution in [3.05, 3.63) is 36.4 Å². The van der Waals surface area contributed by atoms with Crippen LogP contribution in [0.2, 0.25) is 0 Å². The Kier molecular flexibility index (Phi) is 4.45. The summed E-state index contributed by atoms with van der Waals surface area (Å²) >= 11 is 0. The molecule has 3 aliphatic carbocycles. The molecule has 1 saturated heterocycles. The number of likely N-dealkylation sites (tertiary alicyclic amines) is 1. The summed E-state index contributed by atoms with van der Waals surface area (Å²) in [6.45, 7) is 0. The Bertz CT molecular complexity index is 839. The van der Waals surface area contributed by atoms with Gasteiger partial charge in [0.15, 0.2) is 0 Å². The Morgan fingerprint density at radius 1 is 0.966 bits per heavy atom. The molecule has 0 unspecified atom stereocenters. The zero-order valence-corrected chi connectivity index (χ0v) is 16.5. The molecule has 6 nitrogen and oxygen atoms in total. The van der Waals surface area contributed by atoms with Gasteiger partial charge in [-0.1, -0.05) is 12.2 Å². The number of carbonyl (C=O) groups excluding carboxylic acids is 3. The monoisotopic (exact) mass is 394 g/mol. The molecule has 0 aromatic heterocycles. The fourth-order valence-electron chi connectivity index (χ4n) is 5.80. The quantitative estimate of drug-likeness (QED) is 0.629. The zero-order valence-electron chi connectivity index (χ0n) is 16.5. The number of rotatable bonds is 4. The molecular formula is C23H26N2O4. The van der Waals surface area contributed by atoms with Crippen molar-refractivity contribution in [2.24, 2.45) is 29.6 Å².